The summed E-state index contributed by atoms with van der Waals surface area (Å²) in [5.41, 5.74) is 10.1. The van der Waals surface area contributed by atoms with Gasteiger partial charge in [0.15, 0.2) is 0 Å². The molecule has 0 bridgehead atoms. The van der Waals surface area contributed by atoms with Gasteiger partial charge in [-0.2, -0.15) is 0 Å². The second kappa shape index (κ2) is 5.89. The van der Waals surface area contributed by atoms with Crippen LogP contribution in [0.25, 0.3) is 17.2 Å². The van der Waals surface area contributed by atoms with Crippen LogP contribution < -0.4 is 0 Å². The van der Waals surface area contributed by atoms with Crippen molar-refractivity contribution in [2.75, 3.05) is 0 Å². The van der Waals surface area contributed by atoms with Gasteiger partial charge in [0.2, 0.25) is 0 Å². The second-order valence-corrected chi connectivity index (χ2v) is 6.10. The third-order valence-electron chi connectivity index (χ3n) is 4.60. The van der Waals surface area contributed by atoms with Crippen LogP contribution in [0.1, 0.15) is 48.9 Å². The van der Waals surface area contributed by atoms with E-state index in [1.165, 1.54) is 46.2 Å². The van der Waals surface area contributed by atoms with Gasteiger partial charge in [0.1, 0.15) is 0 Å². The van der Waals surface area contributed by atoms with Gasteiger partial charge < -0.3 is 0 Å². The summed E-state index contributed by atoms with van der Waals surface area (Å²) in [6, 6.07) is 13.7. The average molecular weight is 276 g/mol. The zero-order valence-electron chi connectivity index (χ0n) is 13.4. The molecule has 0 heterocycles. The lowest BCUT2D eigenvalue weighted by atomic mass is 9.93. The van der Waals surface area contributed by atoms with Crippen LogP contribution in [0.4, 0.5) is 0 Å². The van der Waals surface area contributed by atoms with Crippen LogP contribution in [-0.4, -0.2) is 0 Å². The number of aryl methyl sites for hydroxylation is 2. The molecule has 1 aliphatic carbocycles. The van der Waals surface area contributed by atoms with Gasteiger partial charge in [0.25, 0.3) is 0 Å². The second-order valence-electron chi connectivity index (χ2n) is 6.10. The van der Waals surface area contributed by atoms with Gasteiger partial charge in [0, 0.05) is 0 Å². The maximum Gasteiger partial charge on any atom is -0.00551 e. The fourth-order valence-electron chi connectivity index (χ4n) is 3.27. The van der Waals surface area contributed by atoms with E-state index < -0.39 is 0 Å². The van der Waals surface area contributed by atoms with Crippen molar-refractivity contribution in [3.05, 3.63) is 64.2 Å². The van der Waals surface area contributed by atoms with E-state index >= 15 is 0 Å². The van der Waals surface area contributed by atoms with Crippen LogP contribution in [0.15, 0.2) is 42.0 Å². The fraction of sp³-hybridized carbons (Fsp3) is 0.333. The lowest BCUT2D eigenvalue weighted by Gasteiger charge is -2.11. The molecular formula is C21H24. The molecule has 1 aliphatic rings. The van der Waals surface area contributed by atoms with E-state index in [0.717, 1.165) is 12.8 Å². The van der Waals surface area contributed by atoms with Crippen molar-refractivity contribution in [2.24, 2.45) is 0 Å². The summed E-state index contributed by atoms with van der Waals surface area (Å²) in [6.07, 6.45) is 7.09. The van der Waals surface area contributed by atoms with Crippen LogP contribution in [0.3, 0.4) is 0 Å². The van der Waals surface area contributed by atoms with Crippen molar-refractivity contribution in [3.8, 4) is 11.1 Å². The van der Waals surface area contributed by atoms with E-state index in [2.05, 4.69) is 63.2 Å². The summed E-state index contributed by atoms with van der Waals surface area (Å²) in [5, 5.41) is 0. The van der Waals surface area contributed by atoms with E-state index in [-0.39, 0.29) is 0 Å². The van der Waals surface area contributed by atoms with Crippen molar-refractivity contribution in [2.45, 2.75) is 46.5 Å². The summed E-state index contributed by atoms with van der Waals surface area (Å²) in [6.45, 7) is 6.73. The molecule has 0 spiro atoms. The predicted molar refractivity (Wildman–Crippen MR) is 92.6 cm³/mol. The Hall–Kier alpha value is -1.82. The fourth-order valence-corrected chi connectivity index (χ4v) is 3.27. The number of hydrogen-bond acceptors (Lipinski definition) is 0. The van der Waals surface area contributed by atoms with Gasteiger partial charge in [-0.05, 0) is 59.6 Å². The first-order chi connectivity index (χ1) is 10.2. The number of fused-ring (bicyclic) bond motifs is 1. The molecule has 0 aliphatic heterocycles. The number of hydrogen-bond donors (Lipinski definition) is 0. The van der Waals surface area contributed by atoms with Crippen LogP contribution in [-0.2, 0) is 12.8 Å². The highest BCUT2D eigenvalue weighted by Gasteiger charge is 2.17. The molecule has 0 aromatic heterocycles. The van der Waals surface area contributed by atoms with Crippen LogP contribution in [0.2, 0.25) is 0 Å². The Kier molecular flexibility index (Phi) is 3.96. The minimum absolute atomic E-state index is 1.14. The minimum Gasteiger partial charge on any atom is -0.0654 e. The smallest absolute Gasteiger partial charge is 0.00551 e. The topological polar surface area (TPSA) is 0 Å². The van der Waals surface area contributed by atoms with Crippen molar-refractivity contribution in [1.29, 1.82) is 0 Å². The summed E-state index contributed by atoms with van der Waals surface area (Å²) in [5.74, 6) is 0. The summed E-state index contributed by atoms with van der Waals surface area (Å²) in [4.78, 5) is 0. The molecule has 21 heavy (non-hydrogen) atoms. The Morgan fingerprint density at radius 3 is 2.38 bits per heavy atom. The van der Waals surface area contributed by atoms with Crippen molar-refractivity contribution < 1.29 is 0 Å². The van der Waals surface area contributed by atoms with Gasteiger partial charge in [0.05, 0.1) is 0 Å². The lowest BCUT2D eigenvalue weighted by molar-refractivity contribution is 0.922. The summed E-state index contributed by atoms with van der Waals surface area (Å²) < 4.78 is 0. The van der Waals surface area contributed by atoms with Crippen LogP contribution in [0.5, 0.6) is 0 Å². The third kappa shape index (κ3) is 2.68. The molecule has 3 rings (SSSR count). The third-order valence-corrected chi connectivity index (χ3v) is 4.60. The quantitative estimate of drug-likeness (QED) is 0.646. The molecule has 0 nitrogen and oxygen atoms in total. The molecule has 0 heteroatoms. The highest BCUT2D eigenvalue weighted by molar-refractivity contribution is 5.81. The summed E-state index contributed by atoms with van der Waals surface area (Å²) in [7, 11) is 0. The zero-order valence-corrected chi connectivity index (χ0v) is 13.4. The first-order valence-electron chi connectivity index (χ1n) is 8.14. The molecular weight excluding hydrogens is 252 g/mol. The van der Waals surface area contributed by atoms with Crippen molar-refractivity contribution in [1.82, 2.24) is 0 Å². The van der Waals surface area contributed by atoms with Crippen molar-refractivity contribution in [3.63, 3.8) is 0 Å². The van der Waals surface area contributed by atoms with Gasteiger partial charge >= 0.3 is 0 Å². The highest BCUT2D eigenvalue weighted by atomic mass is 14.2. The molecule has 2 aromatic rings. The van der Waals surface area contributed by atoms with E-state index in [0.29, 0.717) is 0 Å². The Morgan fingerprint density at radius 2 is 1.71 bits per heavy atom. The standard InChI is InChI=1S/C21H24/c1-4-6-17-8-10-18(11-9-17)19-12-7-15(3)20-13-16(5-2)14-21(19)20/h7-12,14H,4-6,13H2,1-3H3. The SMILES string of the molecule is CCCc1ccc(-c2ccc(C)c3c2C=C(CC)C3)cc1. The van der Waals surface area contributed by atoms with Crippen molar-refractivity contribution >= 4 is 6.08 Å². The highest BCUT2D eigenvalue weighted by Crippen LogP contribution is 2.36. The van der Waals surface area contributed by atoms with E-state index in [1.807, 2.05) is 0 Å². The minimum atomic E-state index is 1.14. The normalized spacial score (nSPS) is 13.2. The Balaban J connectivity index is 2.03. The molecule has 108 valence electrons. The maximum atomic E-state index is 2.41. The van der Waals surface area contributed by atoms with Crippen LogP contribution in [0, 0.1) is 6.92 Å². The first-order valence-corrected chi connectivity index (χ1v) is 8.14. The lowest BCUT2D eigenvalue weighted by Crippen LogP contribution is -1.92. The number of allylic oxidation sites excluding steroid dienone is 1. The van der Waals surface area contributed by atoms with Gasteiger partial charge in [-0.15, -0.1) is 0 Å². The molecule has 0 N–H and O–H groups in total. The van der Waals surface area contributed by atoms with Gasteiger partial charge in [-0.25, -0.2) is 0 Å². The van der Waals surface area contributed by atoms with Gasteiger partial charge in [-0.3, -0.25) is 0 Å². The zero-order chi connectivity index (χ0) is 14.8. The Bertz CT molecular complexity index is 672. The van der Waals surface area contributed by atoms with E-state index in [4.69, 9.17) is 0 Å². The molecule has 0 amide bonds. The number of rotatable bonds is 4. The molecule has 0 radical (unpaired) electrons. The monoisotopic (exact) mass is 276 g/mol. The van der Waals surface area contributed by atoms with Gasteiger partial charge in [-0.1, -0.05) is 68.3 Å². The van der Waals surface area contributed by atoms with Crippen LogP contribution >= 0.6 is 0 Å². The first kappa shape index (κ1) is 14.1. The molecule has 0 saturated carbocycles. The van der Waals surface area contributed by atoms with E-state index in [1.54, 1.807) is 5.57 Å². The molecule has 0 fully saturated rings. The molecule has 0 saturated heterocycles. The molecule has 0 unspecified atom stereocenters. The van der Waals surface area contributed by atoms with E-state index in [9.17, 15) is 0 Å². The predicted octanol–water partition coefficient (Wildman–Crippen LogP) is 5.96. The summed E-state index contributed by atoms with van der Waals surface area (Å²) >= 11 is 0. The largest absolute Gasteiger partial charge is 0.0654 e. The molecule has 2 aromatic carbocycles. The Morgan fingerprint density at radius 1 is 0.952 bits per heavy atom. The number of benzene rings is 2. The maximum absolute atomic E-state index is 2.41. The Labute approximate surface area is 128 Å². The molecule has 0 atom stereocenters. The average Bonchev–Trinajstić information content (AvgIpc) is 2.94.